The van der Waals surface area contributed by atoms with Crippen molar-refractivity contribution in [3.63, 3.8) is 0 Å². The monoisotopic (exact) mass is 290 g/mol. The smallest absolute Gasteiger partial charge is 0.231 e. The Morgan fingerprint density at radius 1 is 1.06 bits per heavy atom. The molecule has 0 aliphatic carbocycles. The number of ether oxygens (including phenoxy) is 2. The highest BCUT2D eigenvalue weighted by molar-refractivity contribution is 9.10. The molecule has 0 spiro atoms. The summed E-state index contributed by atoms with van der Waals surface area (Å²) >= 11 is 3.59. The third-order valence-electron chi connectivity index (χ3n) is 2.90. The molecule has 0 fully saturated rings. The molecule has 1 heterocycles. The second kappa shape index (κ2) is 4.08. The first-order chi connectivity index (χ1) is 8.27. The highest BCUT2D eigenvalue weighted by Gasteiger charge is 2.21. The topological polar surface area (TPSA) is 18.5 Å². The van der Waals surface area contributed by atoms with Crippen LogP contribution >= 0.6 is 15.9 Å². The van der Waals surface area contributed by atoms with Crippen LogP contribution in [0, 0.1) is 6.92 Å². The molecule has 0 radical (unpaired) electrons. The van der Waals surface area contributed by atoms with Gasteiger partial charge in [-0.05, 0) is 30.2 Å². The van der Waals surface area contributed by atoms with E-state index >= 15 is 0 Å². The fourth-order valence-corrected chi connectivity index (χ4v) is 2.58. The number of hydrogen-bond donors (Lipinski definition) is 0. The van der Waals surface area contributed by atoms with Gasteiger partial charge in [0.25, 0.3) is 0 Å². The first-order valence-corrected chi connectivity index (χ1v) is 6.21. The molecule has 1 aliphatic rings. The zero-order valence-corrected chi connectivity index (χ0v) is 11.0. The van der Waals surface area contributed by atoms with Crippen LogP contribution in [-0.4, -0.2) is 6.79 Å². The molecule has 0 unspecified atom stereocenters. The highest BCUT2D eigenvalue weighted by atomic mass is 79.9. The summed E-state index contributed by atoms with van der Waals surface area (Å²) in [6.45, 7) is 2.39. The SMILES string of the molecule is Cc1ccccc1-c1c(Br)ccc2c1OCO2. The third kappa shape index (κ3) is 1.71. The van der Waals surface area contributed by atoms with Gasteiger partial charge in [-0.25, -0.2) is 0 Å². The zero-order valence-electron chi connectivity index (χ0n) is 9.37. The van der Waals surface area contributed by atoms with E-state index in [-0.39, 0.29) is 0 Å². The molecule has 17 heavy (non-hydrogen) atoms. The number of halogens is 1. The molecular weight excluding hydrogens is 280 g/mol. The van der Waals surface area contributed by atoms with Gasteiger partial charge >= 0.3 is 0 Å². The molecule has 0 amide bonds. The highest BCUT2D eigenvalue weighted by Crippen LogP contribution is 2.46. The van der Waals surface area contributed by atoms with E-state index in [1.165, 1.54) is 11.1 Å². The average molecular weight is 291 g/mol. The molecular formula is C14H11BrO2. The van der Waals surface area contributed by atoms with Gasteiger partial charge in [-0.1, -0.05) is 40.2 Å². The van der Waals surface area contributed by atoms with Gasteiger partial charge in [-0.2, -0.15) is 0 Å². The number of aryl methyl sites for hydroxylation is 1. The van der Waals surface area contributed by atoms with Crippen LogP contribution in [0.15, 0.2) is 40.9 Å². The van der Waals surface area contributed by atoms with Crippen LogP contribution in [0.2, 0.25) is 0 Å². The molecule has 86 valence electrons. The molecule has 1 aliphatic heterocycles. The summed E-state index contributed by atoms with van der Waals surface area (Å²) in [4.78, 5) is 0. The summed E-state index contributed by atoms with van der Waals surface area (Å²) in [6.07, 6.45) is 0. The van der Waals surface area contributed by atoms with Crippen LogP contribution < -0.4 is 9.47 Å². The fourth-order valence-electron chi connectivity index (χ4n) is 2.05. The van der Waals surface area contributed by atoms with Crippen LogP contribution in [0.1, 0.15) is 5.56 Å². The van der Waals surface area contributed by atoms with Crippen LogP contribution in [0.5, 0.6) is 11.5 Å². The maximum absolute atomic E-state index is 5.57. The minimum Gasteiger partial charge on any atom is -0.454 e. The Balaban J connectivity index is 2.28. The van der Waals surface area contributed by atoms with Gasteiger partial charge in [-0.15, -0.1) is 0 Å². The normalized spacial score (nSPS) is 12.8. The Labute approximate surface area is 108 Å². The summed E-state index contributed by atoms with van der Waals surface area (Å²) in [6, 6.07) is 12.2. The Kier molecular flexibility index (Phi) is 2.56. The Hall–Kier alpha value is -1.48. The quantitative estimate of drug-likeness (QED) is 0.785. The lowest BCUT2D eigenvalue weighted by Crippen LogP contribution is -1.94. The van der Waals surface area contributed by atoms with Crippen molar-refractivity contribution in [2.75, 3.05) is 6.79 Å². The lowest BCUT2D eigenvalue weighted by Gasteiger charge is -2.11. The zero-order chi connectivity index (χ0) is 11.8. The van der Waals surface area contributed by atoms with Crippen molar-refractivity contribution in [2.24, 2.45) is 0 Å². The molecule has 3 heteroatoms. The van der Waals surface area contributed by atoms with E-state index in [9.17, 15) is 0 Å². The average Bonchev–Trinajstić information content (AvgIpc) is 2.79. The molecule has 0 bridgehead atoms. The lowest BCUT2D eigenvalue weighted by atomic mass is 9.99. The number of fused-ring (bicyclic) bond motifs is 1. The van der Waals surface area contributed by atoms with Gasteiger partial charge in [0.15, 0.2) is 11.5 Å². The summed E-state index contributed by atoms with van der Waals surface area (Å²) in [5, 5.41) is 0. The van der Waals surface area contributed by atoms with Crippen molar-refractivity contribution in [3.8, 4) is 22.6 Å². The minimum absolute atomic E-state index is 0.296. The van der Waals surface area contributed by atoms with E-state index in [4.69, 9.17) is 9.47 Å². The molecule has 0 saturated heterocycles. The Morgan fingerprint density at radius 2 is 1.88 bits per heavy atom. The molecule has 0 atom stereocenters. The van der Waals surface area contributed by atoms with Crippen LogP contribution in [0.25, 0.3) is 11.1 Å². The van der Waals surface area contributed by atoms with E-state index in [1.54, 1.807) is 0 Å². The second-order valence-electron chi connectivity index (χ2n) is 3.97. The van der Waals surface area contributed by atoms with Gasteiger partial charge in [0.2, 0.25) is 6.79 Å². The van der Waals surface area contributed by atoms with Gasteiger partial charge in [0, 0.05) is 10.0 Å². The van der Waals surface area contributed by atoms with Gasteiger partial charge in [-0.3, -0.25) is 0 Å². The van der Waals surface area contributed by atoms with Crippen LogP contribution in [0.4, 0.5) is 0 Å². The van der Waals surface area contributed by atoms with E-state index in [0.717, 1.165) is 21.5 Å². The summed E-state index contributed by atoms with van der Waals surface area (Å²) in [7, 11) is 0. The number of hydrogen-bond acceptors (Lipinski definition) is 2. The summed E-state index contributed by atoms with van der Waals surface area (Å²) < 4.78 is 12.0. The minimum atomic E-state index is 0.296. The Morgan fingerprint density at radius 3 is 2.71 bits per heavy atom. The molecule has 0 N–H and O–H groups in total. The van der Waals surface area contributed by atoms with Crippen molar-refractivity contribution in [3.05, 3.63) is 46.4 Å². The van der Waals surface area contributed by atoms with Gasteiger partial charge in [0.1, 0.15) is 0 Å². The molecule has 2 aromatic carbocycles. The first kappa shape index (κ1) is 10.7. The maximum Gasteiger partial charge on any atom is 0.231 e. The maximum atomic E-state index is 5.57. The molecule has 0 aromatic heterocycles. The van der Waals surface area contributed by atoms with Crippen molar-refractivity contribution in [2.45, 2.75) is 6.92 Å². The first-order valence-electron chi connectivity index (χ1n) is 5.41. The van der Waals surface area contributed by atoms with E-state index in [1.807, 2.05) is 24.3 Å². The summed E-state index contributed by atoms with van der Waals surface area (Å²) in [5.41, 5.74) is 3.46. The lowest BCUT2D eigenvalue weighted by molar-refractivity contribution is 0.174. The van der Waals surface area contributed by atoms with Crippen molar-refractivity contribution in [1.82, 2.24) is 0 Å². The molecule has 0 saturated carbocycles. The van der Waals surface area contributed by atoms with E-state index < -0.39 is 0 Å². The van der Waals surface area contributed by atoms with Crippen LogP contribution in [0.3, 0.4) is 0 Å². The van der Waals surface area contributed by atoms with Crippen molar-refractivity contribution >= 4 is 15.9 Å². The number of benzene rings is 2. The van der Waals surface area contributed by atoms with Crippen LogP contribution in [-0.2, 0) is 0 Å². The van der Waals surface area contributed by atoms with Gasteiger partial charge < -0.3 is 9.47 Å². The predicted molar refractivity (Wildman–Crippen MR) is 70.4 cm³/mol. The van der Waals surface area contributed by atoms with Crippen molar-refractivity contribution in [1.29, 1.82) is 0 Å². The third-order valence-corrected chi connectivity index (χ3v) is 3.56. The standard InChI is InChI=1S/C14H11BrO2/c1-9-4-2-3-5-10(9)13-11(15)6-7-12-14(13)17-8-16-12/h2-7H,8H2,1H3. The van der Waals surface area contributed by atoms with E-state index in [0.29, 0.717) is 6.79 Å². The second-order valence-corrected chi connectivity index (χ2v) is 4.83. The molecule has 2 aromatic rings. The predicted octanol–water partition coefficient (Wildman–Crippen LogP) is 4.15. The number of rotatable bonds is 1. The fraction of sp³-hybridized carbons (Fsp3) is 0.143. The largest absolute Gasteiger partial charge is 0.454 e. The summed E-state index contributed by atoms with van der Waals surface area (Å²) in [5.74, 6) is 1.64. The van der Waals surface area contributed by atoms with Crippen molar-refractivity contribution < 1.29 is 9.47 Å². The Bertz CT molecular complexity index is 578. The van der Waals surface area contributed by atoms with E-state index in [2.05, 4.69) is 35.0 Å². The molecule has 3 rings (SSSR count). The van der Waals surface area contributed by atoms with Gasteiger partial charge in [0.05, 0.1) is 0 Å². The molecule has 2 nitrogen and oxygen atoms in total.